The topological polar surface area (TPSA) is 57.5 Å². The van der Waals surface area contributed by atoms with Crippen molar-refractivity contribution < 1.29 is 15.0 Å². The minimum atomic E-state index is -1.02. The molecule has 25 heavy (non-hydrogen) atoms. The maximum absolute atomic E-state index is 11.9. The molecule has 0 aliphatic heterocycles. The van der Waals surface area contributed by atoms with E-state index in [2.05, 4.69) is 12.8 Å². The number of rotatable bonds is 2. The van der Waals surface area contributed by atoms with E-state index in [4.69, 9.17) is 6.42 Å². The van der Waals surface area contributed by atoms with E-state index in [0.29, 0.717) is 36.5 Å². The normalized spacial score (nSPS) is 48.8. The van der Waals surface area contributed by atoms with Gasteiger partial charge in [-0.25, -0.2) is 0 Å². The summed E-state index contributed by atoms with van der Waals surface area (Å²) in [6.07, 6.45) is 14.7. The maximum atomic E-state index is 11.9. The molecule has 3 fully saturated rings. The summed E-state index contributed by atoms with van der Waals surface area (Å²) in [5, 5.41) is 21.5. The Morgan fingerprint density at radius 3 is 2.80 bits per heavy atom. The van der Waals surface area contributed by atoms with Gasteiger partial charge in [-0.2, -0.15) is 0 Å². The molecule has 0 amide bonds. The van der Waals surface area contributed by atoms with Gasteiger partial charge in [-0.05, 0) is 80.6 Å². The molecule has 0 aromatic carbocycles. The standard InChI is InChI=1S/C22H30O3/c1-3-21-12-15(13-23)20-17-8-6-16(24)11-14(17)5-7-18(20)19(21)9-10-22(21,25)4-2/h2,11,15,17-20,23,25H,3,5-10,12-13H2,1H3/t15?,17-,18-,19-,20+,21-,22-/m0/s1. The lowest BCUT2D eigenvalue weighted by atomic mass is 9.46. The predicted octanol–water partition coefficient (Wildman–Crippen LogP) is 3.10. The second-order valence-corrected chi connectivity index (χ2v) is 8.92. The highest BCUT2D eigenvalue weighted by molar-refractivity contribution is 5.91. The fourth-order valence-electron chi connectivity index (χ4n) is 7.38. The van der Waals surface area contributed by atoms with Crippen LogP contribution in [-0.2, 0) is 4.79 Å². The Hall–Kier alpha value is -1.11. The first-order valence-corrected chi connectivity index (χ1v) is 10.0. The first kappa shape index (κ1) is 17.3. The summed E-state index contributed by atoms with van der Waals surface area (Å²) in [7, 11) is 0. The molecule has 0 bridgehead atoms. The first-order chi connectivity index (χ1) is 12.0. The third kappa shape index (κ3) is 2.23. The Morgan fingerprint density at radius 1 is 1.32 bits per heavy atom. The molecule has 0 aromatic rings. The number of carbonyl (C=O) groups is 1. The van der Waals surface area contributed by atoms with Gasteiger partial charge in [0.15, 0.2) is 5.78 Å². The van der Waals surface area contributed by atoms with E-state index in [1.807, 2.05) is 6.08 Å². The van der Waals surface area contributed by atoms with Crippen LogP contribution < -0.4 is 0 Å². The minimum Gasteiger partial charge on any atom is -0.396 e. The fourth-order valence-corrected chi connectivity index (χ4v) is 7.38. The molecular formula is C22H30O3. The molecule has 136 valence electrons. The lowest BCUT2D eigenvalue weighted by Crippen LogP contribution is -2.57. The minimum absolute atomic E-state index is 0.161. The third-order valence-corrected chi connectivity index (χ3v) is 8.39. The molecule has 0 heterocycles. The summed E-state index contributed by atoms with van der Waals surface area (Å²) in [5.74, 6) is 5.06. The summed E-state index contributed by atoms with van der Waals surface area (Å²) in [4.78, 5) is 11.9. The van der Waals surface area contributed by atoms with E-state index in [9.17, 15) is 15.0 Å². The number of aliphatic hydroxyl groups excluding tert-OH is 1. The van der Waals surface area contributed by atoms with Crippen molar-refractivity contribution in [1.82, 2.24) is 0 Å². The number of ketones is 1. The molecule has 4 aliphatic rings. The molecule has 2 N–H and O–H groups in total. The Labute approximate surface area is 150 Å². The second-order valence-electron chi connectivity index (χ2n) is 8.92. The largest absolute Gasteiger partial charge is 0.396 e. The molecule has 4 aliphatic carbocycles. The summed E-state index contributed by atoms with van der Waals surface area (Å²) in [6, 6.07) is 0. The molecule has 3 heteroatoms. The van der Waals surface area contributed by atoms with Crippen LogP contribution in [0.3, 0.4) is 0 Å². The summed E-state index contributed by atoms with van der Waals surface area (Å²) in [5.41, 5.74) is 0.0519. The van der Waals surface area contributed by atoms with E-state index in [1.165, 1.54) is 5.57 Å². The summed E-state index contributed by atoms with van der Waals surface area (Å²) in [6.45, 7) is 2.32. The van der Waals surface area contributed by atoms with Crippen molar-refractivity contribution in [2.75, 3.05) is 6.61 Å². The van der Waals surface area contributed by atoms with E-state index in [-0.39, 0.29) is 23.7 Å². The molecule has 0 aromatic heterocycles. The monoisotopic (exact) mass is 342 g/mol. The highest BCUT2D eigenvalue weighted by Gasteiger charge is 2.65. The maximum Gasteiger partial charge on any atom is 0.155 e. The van der Waals surface area contributed by atoms with Crippen LogP contribution in [-0.4, -0.2) is 28.2 Å². The van der Waals surface area contributed by atoms with Crippen LogP contribution in [0.25, 0.3) is 0 Å². The molecule has 3 nitrogen and oxygen atoms in total. The van der Waals surface area contributed by atoms with Gasteiger partial charge in [0.05, 0.1) is 0 Å². The molecule has 1 unspecified atom stereocenters. The average molecular weight is 342 g/mol. The number of allylic oxidation sites excluding steroid dienone is 1. The van der Waals surface area contributed by atoms with Crippen molar-refractivity contribution in [3.63, 3.8) is 0 Å². The zero-order valence-corrected chi connectivity index (χ0v) is 15.2. The van der Waals surface area contributed by atoms with Gasteiger partial charge in [0.2, 0.25) is 0 Å². The molecule has 7 atom stereocenters. The highest BCUT2D eigenvalue weighted by atomic mass is 16.3. The van der Waals surface area contributed by atoms with Gasteiger partial charge in [0.25, 0.3) is 0 Å². The van der Waals surface area contributed by atoms with E-state index in [1.54, 1.807) is 0 Å². The smallest absolute Gasteiger partial charge is 0.155 e. The number of carbonyl (C=O) groups excluding carboxylic acids is 1. The molecule has 0 saturated heterocycles. The van der Waals surface area contributed by atoms with Crippen LogP contribution in [0.1, 0.15) is 58.3 Å². The van der Waals surface area contributed by atoms with Gasteiger partial charge in [-0.3, -0.25) is 4.79 Å². The van der Waals surface area contributed by atoms with Gasteiger partial charge in [-0.15, -0.1) is 6.42 Å². The Morgan fingerprint density at radius 2 is 2.12 bits per heavy atom. The molecule has 4 rings (SSSR count). The van der Waals surface area contributed by atoms with Crippen molar-refractivity contribution in [2.45, 2.75) is 63.9 Å². The van der Waals surface area contributed by atoms with Crippen molar-refractivity contribution in [2.24, 2.45) is 35.0 Å². The predicted molar refractivity (Wildman–Crippen MR) is 96.5 cm³/mol. The van der Waals surface area contributed by atoms with Gasteiger partial charge < -0.3 is 10.2 Å². The third-order valence-electron chi connectivity index (χ3n) is 8.39. The number of aliphatic hydroxyl groups is 2. The Balaban J connectivity index is 1.75. The molecular weight excluding hydrogens is 312 g/mol. The quantitative estimate of drug-likeness (QED) is 0.758. The van der Waals surface area contributed by atoms with E-state index >= 15 is 0 Å². The van der Waals surface area contributed by atoms with E-state index in [0.717, 1.165) is 38.5 Å². The number of terminal acetylenes is 1. The van der Waals surface area contributed by atoms with E-state index < -0.39 is 5.60 Å². The average Bonchev–Trinajstić information content (AvgIpc) is 2.94. The van der Waals surface area contributed by atoms with Gasteiger partial charge in [0.1, 0.15) is 5.60 Å². The van der Waals surface area contributed by atoms with Crippen molar-refractivity contribution >= 4 is 5.78 Å². The molecule has 3 saturated carbocycles. The van der Waals surface area contributed by atoms with Crippen LogP contribution in [0.15, 0.2) is 11.6 Å². The van der Waals surface area contributed by atoms with Gasteiger partial charge in [-0.1, -0.05) is 18.4 Å². The molecule has 0 radical (unpaired) electrons. The summed E-state index contributed by atoms with van der Waals surface area (Å²) < 4.78 is 0. The van der Waals surface area contributed by atoms with Crippen LogP contribution >= 0.6 is 0 Å². The van der Waals surface area contributed by atoms with Gasteiger partial charge in [0, 0.05) is 18.4 Å². The van der Waals surface area contributed by atoms with Gasteiger partial charge >= 0.3 is 0 Å². The number of hydrogen-bond acceptors (Lipinski definition) is 3. The fraction of sp³-hybridized carbons (Fsp3) is 0.773. The van der Waals surface area contributed by atoms with Crippen molar-refractivity contribution in [1.29, 1.82) is 0 Å². The van der Waals surface area contributed by atoms with Crippen molar-refractivity contribution in [3.8, 4) is 12.3 Å². The zero-order valence-electron chi connectivity index (χ0n) is 15.2. The van der Waals surface area contributed by atoms with Crippen LogP contribution in [0.2, 0.25) is 0 Å². The van der Waals surface area contributed by atoms with Crippen LogP contribution in [0.4, 0.5) is 0 Å². The Bertz CT molecular complexity index is 644. The van der Waals surface area contributed by atoms with Crippen LogP contribution in [0.5, 0.6) is 0 Å². The summed E-state index contributed by atoms with van der Waals surface area (Å²) >= 11 is 0. The Kier molecular flexibility index (Phi) is 4.13. The first-order valence-electron chi connectivity index (χ1n) is 10.0. The lowest BCUT2D eigenvalue weighted by Gasteiger charge is -2.58. The van der Waals surface area contributed by atoms with Crippen LogP contribution in [0, 0.1) is 47.3 Å². The zero-order chi connectivity index (χ0) is 17.8. The molecule has 0 spiro atoms. The lowest BCUT2D eigenvalue weighted by molar-refractivity contribution is -0.133. The second kappa shape index (κ2) is 5.96. The van der Waals surface area contributed by atoms with Crippen molar-refractivity contribution in [3.05, 3.63) is 11.6 Å². The highest BCUT2D eigenvalue weighted by Crippen LogP contribution is 2.67. The number of hydrogen-bond donors (Lipinski definition) is 2. The number of fused-ring (bicyclic) bond motifs is 5. The SMILES string of the molecule is C#C[C@]1(O)CC[C@H]2[C@@H]3CCC4=CC(=O)CC[C@@H]4[C@H]3C(CO)C[C@@]21CC.